The summed E-state index contributed by atoms with van der Waals surface area (Å²) in [4.78, 5) is 89.8. The van der Waals surface area contributed by atoms with Gasteiger partial charge in [-0.25, -0.2) is 4.98 Å². The molecule has 4 N–H and O–H groups in total. The number of carbonyl (C=O) groups excluding carboxylic acids is 6. The summed E-state index contributed by atoms with van der Waals surface area (Å²) in [6.07, 6.45) is 10.3. The van der Waals surface area contributed by atoms with Crippen molar-refractivity contribution in [3.05, 3.63) is 24.3 Å². The summed E-state index contributed by atoms with van der Waals surface area (Å²) in [5.41, 5.74) is 0.0651. The van der Waals surface area contributed by atoms with Crippen LogP contribution in [0, 0.1) is 23.7 Å². The molecule has 0 bridgehead atoms. The predicted octanol–water partition coefficient (Wildman–Crippen LogP) is 1.52. The fourth-order valence-electron chi connectivity index (χ4n) is 6.75. The van der Waals surface area contributed by atoms with Gasteiger partial charge in [-0.2, -0.15) is 0 Å². The summed E-state index contributed by atoms with van der Waals surface area (Å²) < 4.78 is 0. The molecule has 0 aromatic carbocycles. The first kappa shape index (κ1) is 35.0. The maximum absolute atomic E-state index is 14.2. The first-order valence-electron chi connectivity index (χ1n) is 16.8. The molecule has 3 aliphatic rings. The van der Waals surface area contributed by atoms with Crippen LogP contribution in [0.5, 0.6) is 0 Å². The van der Waals surface area contributed by atoms with E-state index in [1.807, 2.05) is 20.8 Å². The van der Waals surface area contributed by atoms with E-state index in [0.717, 1.165) is 38.5 Å². The Labute approximate surface area is 270 Å². The molecule has 252 valence electrons. The molecule has 3 fully saturated rings. The van der Waals surface area contributed by atoms with Crippen molar-refractivity contribution >= 4 is 35.3 Å². The van der Waals surface area contributed by atoms with Crippen molar-refractivity contribution in [2.24, 2.45) is 23.7 Å². The normalized spacial score (nSPS) is 22.8. The molecule has 13 nitrogen and oxygen atoms in total. The molecule has 13 heteroatoms. The fraction of sp³-hybridized carbons (Fsp3) is 0.697. The molecule has 6 atom stereocenters. The molecule has 1 aromatic rings. The van der Waals surface area contributed by atoms with E-state index < -0.39 is 53.6 Å². The van der Waals surface area contributed by atoms with Crippen molar-refractivity contribution in [1.82, 2.24) is 36.1 Å². The quantitative estimate of drug-likeness (QED) is 0.221. The third-order valence-corrected chi connectivity index (χ3v) is 9.58. The van der Waals surface area contributed by atoms with Gasteiger partial charge in [0.05, 0.1) is 12.2 Å². The van der Waals surface area contributed by atoms with Crippen molar-refractivity contribution in [1.29, 1.82) is 0 Å². The molecular weight excluding hydrogens is 590 g/mol. The number of hydrogen-bond acceptors (Lipinski definition) is 8. The van der Waals surface area contributed by atoms with Crippen molar-refractivity contribution in [2.75, 3.05) is 6.54 Å². The van der Waals surface area contributed by atoms with E-state index in [1.165, 1.54) is 18.6 Å². The zero-order valence-corrected chi connectivity index (χ0v) is 27.6. The number of aromatic nitrogens is 2. The Bertz CT molecular complexity index is 1280. The van der Waals surface area contributed by atoms with Gasteiger partial charge in [-0.15, -0.1) is 0 Å². The second-order valence-electron chi connectivity index (χ2n) is 13.6. The second kappa shape index (κ2) is 15.6. The number of carbonyl (C=O) groups is 6. The molecule has 46 heavy (non-hydrogen) atoms. The second-order valence-corrected chi connectivity index (χ2v) is 13.6. The van der Waals surface area contributed by atoms with Crippen LogP contribution in [-0.4, -0.2) is 86.9 Å². The van der Waals surface area contributed by atoms with E-state index in [4.69, 9.17) is 0 Å². The monoisotopic (exact) mass is 639 g/mol. The van der Waals surface area contributed by atoms with Crippen LogP contribution in [0.15, 0.2) is 18.6 Å². The number of rotatable bonds is 14. The van der Waals surface area contributed by atoms with Gasteiger partial charge in [0.2, 0.25) is 23.5 Å². The van der Waals surface area contributed by atoms with Gasteiger partial charge in [-0.1, -0.05) is 47.5 Å². The van der Waals surface area contributed by atoms with Gasteiger partial charge < -0.3 is 26.2 Å². The van der Waals surface area contributed by atoms with Crippen molar-refractivity contribution in [3.63, 3.8) is 0 Å². The van der Waals surface area contributed by atoms with Crippen LogP contribution in [0.4, 0.5) is 0 Å². The highest BCUT2D eigenvalue weighted by Crippen LogP contribution is 2.42. The summed E-state index contributed by atoms with van der Waals surface area (Å²) in [6.45, 7) is 9.45. The first-order valence-corrected chi connectivity index (χ1v) is 16.8. The van der Waals surface area contributed by atoms with Gasteiger partial charge in [-0.05, 0) is 62.2 Å². The van der Waals surface area contributed by atoms with E-state index in [1.54, 1.807) is 18.7 Å². The van der Waals surface area contributed by atoms with Crippen LogP contribution in [0.2, 0.25) is 0 Å². The number of likely N-dealkylation sites (tertiary alicyclic amines) is 1. The van der Waals surface area contributed by atoms with E-state index in [9.17, 15) is 28.8 Å². The molecular formula is C33H49N7O6. The molecule has 5 amide bonds. The Morgan fingerprint density at radius 1 is 0.891 bits per heavy atom. The van der Waals surface area contributed by atoms with Crippen molar-refractivity contribution < 1.29 is 28.8 Å². The number of Topliss-reactive ketones (excluding diaryl/α,β-unsaturated/α-hetero) is 1. The van der Waals surface area contributed by atoms with E-state index in [2.05, 4.69) is 31.2 Å². The average Bonchev–Trinajstić information content (AvgIpc) is 3.61. The molecule has 2 heterocycles. The smallest absolute Gasteiger partial charge is 0.289 e. The maximum atomic E-state index is 14.2. The molecule has 1 aromatic heterocycles. The van der Waals surface area contributed by atoms with E-state index >= 15 is 0 Å². The van der Waals surface area contributed by atoms with Crippen LogP contribution in [0.1, 0.15) is 96.5 Å². The topological polar surface area (TPSA) is 180 Å². The highest BCUT2D eigenvalue weighted by atomic mass is 16.2. The van der Waals surface area contributed by atoms with Crippen molar-refractivity contribution in [2.45, 2.75) is 116 Å². The lowest BCUT2D eigenvalue weighted by Gasteiger charge is -2.34. The lowest BCUT2D eigenvalue weighted by Crippen LogP contribution is -2.60. The maximum Gasteiger partial charge on any atom is 0.289 e. The lowest BCUT2D eigenvalue weighted by atomic mass is 9.92. The highest BCUT2D eigenvalue weighted by molar-refractivity contribution is 6.38. The molecule has 2 saturated carbocycles. The SMILES string of the molecule is CCCC(NC(=O)C1[C@H]2CCC[C@H]2CN1C(=O)[C@@H](NC(=O)[C@H](NC(=O)c1cnccn1)C(C)C)C(C)C)C(=O)C(=O)NC1CCC1. The van der Waals surface area contributed by atoms with Crippen LogP contribution < -0.4 is 21.3 Å². The van der Waals surface area contributed by atoms with Crippen LogP contribution in [-0.2, 0) is 24.0 Å². The average molecular weight is 640 g/mol. The number of nitrogens with zero attached hydrogens (tertiary/aromatic N) is 3. The highest BCUT2D eigenvalue weighted by Gasteiger charge is 2.51. The van der Waals surface area contributed by atoms with Gasteiger partial charge in [0.1, 0.15) is 23.8 Å². The van der Waals surface area contributed by atoms with Crippen LogP contribution in [0.25, 0.3) is 0 Å². The zero-order chi connectivity index (χ0) is 33.5. The molecule has 1 saturated heterocycles. The van der Waals surface area contributed by atoms with Crippen LogP contribution >= 0.6 is 0 Å². The third kappa shape index (κ3) is 8.08. The largest absolute Gasteiger partial charge is 0.347 e. The number of ketones is 1. The summed E-state index contributed by atoms with van der Waals surface area (Å²) in [5, 5.41) is 11.2. The molecule has 0 spiro atoms. The minimum Gasteiger partial charge on any atom is -0.347 e. The van der Waals surface area contributed by atoms with E-state index in [-0.39, 0.29) is 41.3 Å². The molecule has 4 rings (SSSR count). The minimum absolute atomic E-state index is 0.00424. The van der Waals surface area contributed by atoms with Gasteiger partial charge in [-0.3, -0.25) is 33.8 Å². The van der Waals surface area contributed by atoms with Gasteiger partial charge >= 0.3 is 0 Å². The van der Waals surface area contributed by atoms with Gasteiger partial charge in [0.15, 0.2) is 0 Å². The zero-order valence-electron chi connectivity index (χ0n) is 27.6. The fourth-order valence-corrected chi connectivity index (χ4v) is 6.75. The Morgan fingerprint density at radius 2 is 1.59 bits per heavy atom. The lowest BCUT2D eigenvalue weighted by molar-refractivity contribution is -0.145. The number of fused-ring (bicyclic) bond motifs is 1. The minimum atomic E-state index is -0.986. The summed E-state index contributed by atoms with van der Waals surface area (Å²) >= 11 is 0. The Hall–Kier alpha value is -3.90. The standard InChI is InChI=1S/C33H49N7O6/c1-6-9-23(28(41)32(45)36-21-11-8-12-21)37-31(44)27-22-13-7-10-20(22)17-40(27)33(46)26(19(4)5)39-30(43)25(18(2)3)38-29(42)24-16-34-14-15-35-24/h14-16,18-23,25-27H,6-13,17H2,1-5H3,(H,36,45)(H,37,44)(H,38,42)(H,39,43)/t20-,22-,23?,25+,26-,27?/m0/s1. The summed E-state index contributed by atoms with van der Waals surface area (Å²) in [6, 6.07) is -3.72. The predicted molar refractivity (Wildman–Crippen MR) is 169 cm³/mol. The molecule has 0 radical (unpaired) electrons. The van der Waals surface area contributed by atoms with Gasteiger partial charge in [0, 0.05) is 25.0 Å². The Kier molecular flexibility index (Phi) is 11.9. The van der Waals surface area contributed by atoms with Crippen LogP contribution in [0.3, 0.4) is 0 Å². The van der Waals surface area contributed by atoms with Gasteiger partial charge in [0.25, 0.3) is 11.8 Å². The molecule has 2 unspecified atom stereocenters. The Balaban J connectivity index is 1.49. The number of nitrogens with one attached hydrogen (secondary N) is 4. The molecule has 2 aliphatic carbocycles. The third-order valence-electron chi connectivity index (χ3n) is 9.58. The number of amides is 5. The Morgan fingerprint density at radius 3 is 2.17 bits per heavy atom. The first-order chi connectivity index (χ1) is 21.9. The van der Waals surface area contributed by atoms with E-state index in [0.29, 0.717) is 19.4 Å². The molecule has 1 aliphatic heterocycles. The number of hydrogen-bond donors (Lipinski definition) is 4. The summed E-state index contributed by atoms with van der Waals surface area (Å²) in [7, 11) is 0. The van der Waals surface area contributed by atoms with Crippen molar-refractivity contribution in [3.8, 4) is 0 Å². The summed E-state index contributed by atoms with van der Waals surface area (Å²) in [5.74, 6) is -3.86.